The molecule has 2 heterocycles. The first-order valence-electron chi connectivity index (χ1n) is 8.29. The molecule has 1 aromatic carbocycles. The fraction of sp³-hybridized carbons (Fsp3) is 0.444. The van der Waals surface area contributed by atoms with E-state index in [0.717, 1.165) is 23.5 Å². The van der Waals surface area contributed by atoms with Crippen molar-refractivity contribution in [2.75, 3.05) is 6.54 Å². The fourth-order valence-electron chi connectivity index (χ4n) is 3.66. The molecule has 0 N–H and O–H groups in total. The number of carbonyl (C=O) groups excluding carboxylic acids is 1. The molecule has 1 fully saturated rings. The van der Waals surface area contributed by atoms with Crippen LogP contribution < -0.4 is 0 Å². The van der Waals surface area contributed by atoms with E-state index < -0.39 is 0 Å². The Labute approximate surface area is 134 Å². The molecular formula is C18H20FN3O. The standard InChI is InChI=1S/C18H20FN3O/c19-15-7-5-14(6-8-15)17-9-16-11-21(10-13-3-1-2-4-13)18(23)12-22(16)20-17/h5-9,13H,1-4,10-12H2. The summed E-state index contributed by atoms with van der Waals surface area (Å²) in [5.74, 6) is 0.554. The molecule has 1 aliphatic heterocycles. The second-order valence-electron chi connectivity index (χ2n) is 6.61. The highest BCUT2D eigenvalue weighted by molar-refractivity contribution is 5.77. The first-order valence-corrected chi connectivity index (χ1v) is 8.29. The minimum absolute atomic E-state index is 0.151. The van der Waals surface area contributed by atoms with Crippen LogP contribution in [0.5, 0.6) is 0 Å². The Hall–Kier alpha value is -2.17. The van der Waals surface area contributed by atoms with Crippen LogP contribution in [-0.4, -0.2) is 27.1 Å². The summed E-state index contributed by atoms with van der Waals surface area (Å²) < 4.78 is 14.8. The highest BCUT2D eigenvalue weighted by Gasteiger charge is 2.27. The fourth-order valence-corrected chi connectivity index (χ4v) is 3.66. The van der Waals surface area contributed by atoms with Crippen molar-refractivity contribution in [3.05, 3.63) is 41.8 Å². The number of amides is 1. The van der Waals surface area contributed by atoms with Gasteiger partial charge in [0.1, 0.15) is 12.4 Å². The molecule has 4 rings (SSSR count). The lowest BCUT2D eigenvalue weighted by molar-refractivity contribution is -0.135. The third-order valence-electron chi connectivity index (χ3n) is 4.95. The number of fused-ring (bicyclic) bond motifs is 1. The summed E-state index contributed by atoms with van der Waals surface area (Å²) in [6.45, 7) is 1.81. The summed E-state index contributed by atoms with van der Waals surface area (Å²) in [6, 6.07) is 8.33. The van der Waals surface area contributed by atoms with Gasteiger partial charge in [-0.2, -0.15) is 5.10 Å². The molecule has 1 aromatic heterocycles. The maximum absolute atomic E-state index is 13.0. The first kappa shape index (κ1) is 14.4. The van der Waals surface area contributed by atoms with Crippen molar-refractivity contribution in [3.63, 3.8) is 0 Å². The molecule has 2 aliphatic rings. The summed E-state index contributed by atoms with van der Waals surface area (Å²) in [5.41, 5.74) is 2.74. The van der Waals surface area contributed by atoms with Gasteiger partial charge in [-0.25, -0.2) is 4.39 Å². The maximum Gasteiger partial charge on any atom is 0.244 e. The van der Waals surface area contributed by atoms with E-state index in [2.05, 4.69) is 5.10 Å². The summed E-state index contributed by atoms with van der Waals surface area (Å²) in [4.78, 5) is 14.3. The quantitative estimate of drug-likeness (QED) is 0.872. The molecule has 0 atom stereocenters. The minimum atomic E-state index is -0.254. The van der Waals surface area contributed by atoms with Crippen LogP contribution >= 0.6 is 0 Å². The van der Waals surface area contributed by atoms with Crippen LogP contribution in [0.4, 0.5) is 4.39 Å². The Bertz CT molecular complexity index is 716. The average Bonchev–Trinajstić information content (AvgIpc) is 3.18. The minimum Gasteiger partial charge on any atom is -0.335 e. The molecule has 0 unspecified atom stereocenters. The normalized spacial score (nSPS) is 18.5. The van der Waals surface area contributed by atoms with Crippen LogP contribution in [0.25, 0.3) is 11.3 Å². The van der Waals surface area contributed by atoms with Crippen molar-refractivity contribution < 1.29 is 9.18 Å². The average molecular weight is 313 g/mol. The lowest BCUT2D eigenvalue weighted by Gasteiger charge is -2.29. The van der Waals surface area contributed by atoms with Crippen LogP contribution in [0, 0.1) is 11.7 Å². The van der Waals surface area contributed by atoms with Gasteiger partial charge in [0.25, 0.3) is 0 Å². The second-order valence-corrected chi connectivity index (χ2v) is 6.61. The van der Waals surface area contributed by atoms with Crippen LogP contribution in [0.1, 0.15) is 31.4 Å². The predicted molar refractivity (Wildman–Crippen MR) is 85.0 cm³/mol. The molecule has 0 saturated heterocycles. The van der Waals surface area contributed by atoms with Crippen molar-refractivity contribution in [2.24, 2.45) is 5.92 Å². The molecule has 0 spiro atoms. The van der Waals surface area contributed by atoms with E-state index in [0.29, 0.717) is 19.0 Å². The molecule has 5 heteroatoms. The number of rotatable bonds is 3. The Morgan fingerprint density at radius 1 is 1.13 bits per heavy atom. The van der Waals surface area contributed by atoms with E-state index >= 15 is 0 Å². The number of benzene rings is 1. The number of aromatic nitrogens is 2. The molecule has 1 aliphatic carbocycles. The van der Waals surface area contributed by atoms with Gasteiger partial charge in [0.05, 0.1) is 17.9 Å². The highest BCUT2D eigenvalue weighted by atomic mass is 19.1. The third-order valence-corrected chi connectivity index (χ3v) is 4.95. The molecule has 1 amide bonds. The predicted octanol–water partition coefficient (Wildman–Crippen LogP) is 3.22. The van der Waals surface area contributed by atoms with E-state index in [1.165, 1.54) is 37.8 Å². The Morgan fingerprint density at radius 2 is 1.87 bits per heavy atom. The van der Waals surface area contributed by atoms with Crippen LogP contribution in [0.2, 0.25) is 0 Å². The molecule has 1 saturated carbocycles. The van der Waals surface area contributed by atoms with E-state index in [1.807, 2.05) is 11.0 Å². The zero-order valence-corrected chi connectivity index (χ0v) is 13.0. The van der Waals surface area contributed by atoms with Gasteiger partial charge < -0.3 is 4.90 Å². The van der Waals surface area contributed by atoms with Crippen molar-refractivity contribution >= 4 is 5.91 Å². The Morgan fingerprint density at radius 3 is 2.61 bits per heavy atom. The van der Waals surface area contributed by atoms with Gasteiger partial charge in [0.15, 0.2) is 0 Å². The number of hydrogen-bond donors (Lipinski definition) is 0. The number of carbonyl (C=O) groups is 1. The van der Waals surface area contributed by atoms with Gasteiger partial charge in [-0.3, -0.25) is 9.48 Å². The third kappa shape index (κ3) is 2.87. The van der Waals surface area contributed by atoms with Gasteiger partial charge >= 0.3 is 0 Å². The van der Waals surface area contributed by atoms with Crippen molar-refractivity contribution in [3.8, 4) is 11.3 Å². The van der Waals surface area contributed by atoms with Crippen molar-refractivity contribution in [1.82, 2.24) is 14.7 Å². The summed E-state index contributed by atoms with van der Waals surface area (Å²) in [5, 5.41) is 4.51. The van der Waals surface area contributed by atoms with E-state index in [-0.39, 0.29) is 11.7 Å². The van der Waals surface area contributed by atoms with Crippen LogP contribution in [-0.2, 0) is 17.9 Å². The lowest BCUT2D eigenvalue weighted by Crippen LogP contribution is -2.41. The summed E-state index contributed by atoms with van der Waals surface area (Å²) in [6.07, 6.45) is 5.06. The first-order chi connectivity index (χ1) is 11.2. The molecule has 0 bridgehead atoms. The number of halogens is 1. The molecule has 23 heavy (non-hydrogen) atoms. The molecule has 0 radical (unpaired) electrons. The smallest absolute Gasteiger partial charge is 0.244 e. The van der Waals surface area contributed by atoms with E-state index in [4.69, 9.17) is 0 Å². The molecule has 4 nitrogen and oxygen atoms in total. The Kier molecular flexibility index (Phi) is 3.63. The maximum atomic E-state index is 13.0. The highest BCUT2D eigenvalue weighted by Crippen LogP contribution is 2.28. The monoisotopic (exact) mass is 313 g/mol. The topological polar surface area (TPSA) is 38.1 Å². The van der Waals surface area contributed by atoms with E-state index in [1.54, 1.807) is 16.8 Å². The summed E-state index contributed by atoms with van der Waals surface area (Å²) in [7, 11) is 0. The van der Waals surface area contributed by atoms with Gasteiger partial charge in [0, 0.05) is 12.1 Å². The van der Waals surface area contributed by atoms with Crippen molar-refractivity contribution in [2.45, 2.75) is 38.8 Å². The lowest BCUT2D eigenvalue weighted by atomic mass is 10.1. The Balaban J connectivity index is 1.54. The SMILES string of the molecule is O=C1Cn2nc(-c3ccc(F)cc3)cc2CN1CC1CCCC1. The molecular weight excluding hydrogens is 293 g/mol. The van der Waals surface area contributed by atoms with Gasteiger partial charge in [-0.1, -0.05) is 12.8 Å². The molecule has 2 aromatic rings. The van der Waals surface area contributed by atoms with Gasteiger partial charge in [-0.15, -0.1) is 0 Å². The summed E-state index contributed by atoms with van der Waals surface area (Å²) >= 11 is 0. The van der Waals surface area contributed by atoms with Crippen molar-refractivity contribution in [1.29, 1.82) is 0 Å². The van der Waals surface area contributed by atoms with Crippen LogP contribution in [0.3, 0.4) is 0 Å². The number of hydrogen-bond acceptors (Lipinski definition) is 2. The van der Waals surface area contributed by atoms with E-state index in [9.17, 15) is 9.18 Å². The second kappa shape index (κ2) is 5.80. The zero-order chi connectivity index (χ0) is 15.8. The van der Waals surface area contributed by atoms with Crippen LogP contribution in [0.15, 0.2) is 30.3 Å². The van der Waals surface area contributed by atoms with Gasteiger partial charge in [0.2, 0.25) is 5.91 Å². The van der Waals surface area contributed by atoms with Gasteiger partial charge in [-0.05, 0) is 49.1 Å². The zero-order valence-electron chi connectivity index (χ0n) is 13.0. The number of nitrogens with zero attached hydrogens (tertiary/aromatic N) is 3. The molecule has 120 valence electrons. The largest absolute Gasteiger partial charge is 0.335 e.